The second kappa shape index (κ2) is 4.69. The highest BCUT2D eigenvalue weighted by Crippen LogP contribution is 2.31. The van der Waals surface area contributed by atoms with Crippen LogP contribution >= 0.6 is 23.2 Å². The lowest BCUT2D eigenvalue weighted by molar-refractivity contribution is 0.744. The molecule has 0 unspecified atom stereocenters. The van der Waals surface area contributed by atoms with Crippen LogP contribution in [0, 0.1) is 0 Å². The zero-order chi connectivity index (χ0) is 10.7. The second-order valence-electron chi connectivity index (χ2n) is 3.02. The van der Waals surface area contributed by atoms with Crippen LogP contribution in [-0.2, 0) is 0 Å². The predicted octanol–water partition coefficient (Wildman–Crippen LogP) is 3.15. The molecule has 0 radical (unpaired) electrons. The molecule has 0 saturated heterocycles. The topological polar surface area (TPSA) is 52.0 Å². The van der Waals surface area contributed by atoms with Crippen LogP contribution in [0.2, 0.25) is 10.0 Å². The van der Waals surface area contributed by atoms with Crippen LogP contribution in [0.3, 0.4) is 0 Å². The Morgan fingerprint density at radius 2 is 2.07 bits per heavy atom. The molecule has 0 aliphatic carbocycles. The molecule has 0 bridgehead atoms. The van der Waals surface area contributed by atoms with Crippen LogP contribution < -0.4 is 11.5 Å². The van der Waals surface area contributed by atoms with Crippen molar-refractivity contribution in [3.05, 3.63) is 40.4 Å². The van der Waals surface area contributed by atoms with Crippen molar-refractivity contribution in [1.82, 2.24) is 0 Å². The van der Waals surface area contributed by atoms with Crippen LogP contribution in [0.1, 0.15) is 18.0 Å². The molecule has 0 aliphatic heterocycles. The molecule has 1 aromatic carbocycles. The monoisotopic (exact) mass is 230 g/mol. The van der Waals surface area contributed by atoms with E-state index in [4.69, 9.17) is 34.7 Å². The van der Waals surface area contributed by atoms with Gasteiger partial charge < -0.3 is 11.5 Å². The van der Waals surface area contributed by atoms with E-state index in [1.165, 1.54) is 0 Å². The van der Waals surface area contributed by atoms with Crippen molar-refractivity contribution in [1.29, 1.82) is 0 Å². The fraction of sp³-hybridized carbons (Fsp3) is 0.200. The van der Waals surface area contributed by atoms with Gasteiger partial charge in [-0.1, -0.05) is 29.3 Å². The molecule has 0 fully saturated rings. The van der Waals surface area contributed by atoms with Gasteiger partial charge in [-0.2, -0.15) is 0 Å². The number of halogens is 2. The summed E-state index contributed by atoms with van der Waals surface area (Å²) in [5, 5.41) is 0.978. The van der Waals surface area contributed by atoms with Crippen LogP contribution in [0.25, 0.3) is 0 Å². The smallest absolute Gasteiger partial charge is 0.0653 e. The third-order valence-electron chi connectivity index (χ3n) is 1.95. The normalized spacial score (nSPS) is 12.5. The largest absolute Gasteiger partial charge is 0.397 e. The summed E-state index contributed by atoms with van der Waals surface area (Å²) in [6.07, 6.45) is 2.37. The van der Waals surface area contributed by atoms with E-state index in [2.05, 4.69) is 6.58 Å². The Morgan fingerprint density at radius 3 is 2.64 bits per heavy atom. The van der Waals surface area contributed by atoms with Crippen molar-refractivity contribution in [2.24, 2.45) is 5.73 Å². The number of nitrogens with two attached hydrogens (primary N) is 2. The minimum absolute atomic E-state index is 0.205. The van der Waals surface area contributed by atoms with Gasteiger partial charge >= 0.3 is 0 Å². The Morgan fingerprint density at radius 1 is 1.43 bits per heavy atom. The average molecular weight is 231 g/mol. The zero-order valence-electron chi connectivity index (χ0n) is 7.63. The summed E-state index contributed by atoms with van der Waals surface area (Å²) in [4.78, 5) is 0. The lowest BCUT2D eigenvalue weighted by Crippen LogP contribution is -2.11. The first-order valence-electron chi connectivity index (χ1n) is 4.17. The maximum Gasteiger partial charge on any atom is 0.0653 e. The fourth-order valence-corrected chi connectivity index (χ4v) is 1.73. The second-order valence-corrected chi connectivity index (χ2v) is 3.87. The van der Waals surface area contributed by atoms with E-state index in [1.807, 2.05) is 0 Å². The average Bonchev–Trinajstić information content (AvgIpc) is 2.11. The van der Waals surface area contributed by atoms with Crippen LogP contribution in [-0.4, -0.2) is 0 Å². The Balaban J connectivity index is 3.12. The van der Waals surface area contributed by atoms with Gasteiger partial charge in [-0.25, -0.2) is 0 Å². The SMILES string of the molecule is C=CC[C@H](N)c1cc(Cl)cc(Cl)c1N. The molecule has 14 heavy (non-hydrogen) atoms. The molecule has 0 heterocycles. The molecule has 1 rings (SSSR count). The van der Waals surface area contributed by atoms with E-state index < -0.39 is 0 Å². The van der Waals surface area contributed by atoms with Crippen LogP contribution in [0.15, 0.2) is 24.8 Å². The van der Waals surface area contributed by atoms with E-state index in [9.17, 15) is 0 Å². The standard InChI is InChI=1S/C10H12Cl2N2/c1-2-3-9(13)7-4-6(11)5-8(12)10(7)14/h2,4-5,9H,1,3,13-14H2/t9-/m0/s1. The number of hydrogen-bond donors (Lipinski definition) is 2. The maximum absolute atomic E-state index is 5.88. The van der Waals surface area contributed by atoms with Crippen LogP contribution in [0.4, 0.5) is 5.69 Å². The van der Waals surface area contributed by atoms with E-state index in [1.54, 1.807) is 18.2 Å². The number of benzene rings is 1. The van der Waals surface area contributed by atoms with E-state index in [-0.39, 0.29) is 6.04 Å². The van der Waals surface area contributed by atoms with Gasteiger partial charge in [-0.05, 0) is 24.1 Å². The minimum Gasteiger partial charge on any atom is -0.397 e. The molecule has 0 aliphatic rings. The number of rotatable bonds is 3. The van der Waals surface area contributed by atoms with Crippen LogP contribution in [0.5, 0.6) is 0 Å². The highest BCUT2D eigenvalue weighted by molar-refractivity contribution is 6.36. The number of anilines is 1. The fourth-order valence-electron chi connectivity index (χ4n) is 1.22. The summed E-state index contributed by atoms with van der Waals surface area (Å²) >= 11 is 11.7. The van der Waals surface area contributed by atoms with Gasteiger partial charge in [-0.3, -0.25) is 0 Å². The van der Waals surface area contributed by atoms with Gasteiger partial charge in [0.05, 0.1) is 10.7 Å². The summed E-state index contributed by atoms with van der Waals surface area (Å²) in [5.41, 5.74) is 12.9. The molecule has 0 saturated carbocycles. The van der Waals surface area contributed by atoms with Crippen molar-refractivity contribution in [3.63, 3.8) is 0 Å². The van der Waals surface area contributed by atoms with E-state index in [0.717, 1.165) is 5.56 Å². The quantitative estimate of drug-likeness (QED) is 0.620. The molecule has 0 aromatic heterocycles. The van der Waals surface area contributed by atoms with Gasteiger partial charge in [0.25, 0.3) is 0 Å². The third kappa shape index (κ3) is 2.41. The zero-order valence-corrected chi connectivity index (χ0v) is 9.15. The Bertz CT molecular complexity index is 350. The van der Waals surface area contributed by atoms with Gasteiger partial charge in [0.1, 0.15) is 0 Å². The third-order valence-corrected chi connectivity index (χ3v) is 2.48. The van der Waals surface area contributed by atoms with Crippen molar-refractivity contribution in [2.45, 2.75) is 12.5 Å². The Hall–Kier alpha value is -0.700. The molecular formula is C10H12Cl2N2. The molecule has 0 amide bonds. The summed E-state index contributed by atoms with van der Waals surface area (Å²) in [7, 11) is 0. The van der Waals surface area contributed by atoms with Crippen molar-refractivity contribution < 1.29 is 0 Å². The lowest BCUT2D eigenvalue weighted by Gasteiger charge is -2.14. The summed E-state index contributed by atoms with van der Waals surface area (Å²) in [6, 6.07) is 3.13. The summed E-state index contributed by atoms with van der Waals surface area (Å²) in [5.74, 6) is 0. The van der Waals surface area contributed by atoms with Crippen molar-refractivity contribution in [3.8, 4) is 0 Å². The summed E-state index contributed by atoms with van der Waals surface area (Å²) < 4.78 is 0. The molecule has 1 atom stereocenters. The van der Waals surface area contributed by atoms with Crippen molar-refractivity contribution in [2.75, 3.05) is 5.73 Å². The molecule has 0 spiro atoms. The van der Waals surface area contributed by atoms with E-state index >= 15 is 0 Å². The number of hydrogen-bond acceptors (Lipinski definition) is 2. The molecule has 76 valence electrons. The molecule has 2 nitrogen and oxygen atoms in total. The molecular weight excluding hydrogens is 219 g/mol. The first-order valence-corrected chi connectivity index (χ1v) is 4.92. The molecule has 4 N–H and O–H groups in total. The van der Waals surface area contributed by atoms with E-state index in [0.29, 0.717) is 22.2 Å². The van der Waals surface area contributed by atoms with Gasteiger partial charge in [0.15, 0.2) is 0 Å². The molecule has 1 aromatic rings. The highest BCUT2D eigenvalue weighted by Gasteiger charge is 2.11. The van der Waals surface area contributed by atoms with Gasteiger partial charge in [-0.15, -0.1) is 6.58 Å². The highest BCUT2D eigenvalue weighted by atomic mass is 35.5. The Kier molecular flexibility index (Phi) is 3.81. The van der Waals surface area contributed by atoms with Crippen molar-refractivity contribution >= 4 is 28.9 Å². The first kappa shape index (κ1) is 11.4. The lowest BCUT2D eigenvalue weighted by atomic mass is 10.0. The first-order chi connectivity index (χ1) is 6.56. The molecule has 4 heteroatoms. The Labute approximate surface area is 93.5 Å². The number of nitrogen functional groups attached to an aromatic ring is 1. The van der Waals surface area contributed by atoms with Gasteiger partial charge in [0.2, 0.25) is 0 Å². The van der Waals surface area contributed by atoms with Gasteiger partial charge in [0, 0.05) is 11.1 Å². The minimum atomic E-state index is -0.205. The predicted molar refractivity (Wildman–Crippen MR) is 62.6 cm³/mol. The summed E-state index contributed by atoms with van der Waals surface area (Å²) in [6.45, 7) is 3.61. The maximum atomic E-state index is 5.88.